The Morgan fingerprint density at radius 1 is 1.12 bits per heavy atom. The zero-order chi connectivity index (χ0) is 17.3. The summed E-state index contributed by atoms with van der Waals surface area (Å²) in [6, 6.07) is 3.55. The minimum Gasteiger partial charge on any atom is -0.339 e. The van der Waals surface area contributed by atoms with Crippen molar-refractivity contribution >= 4 is 15.9 Å². The second-order valence-corrected chi connectivity index (χ2v) is 8.32. The number of hydrogen-bond acceptors (Lipinski definition) is 4. The van der Waals surface area contributed by atoms with Gasteiger partial charge in [-0.3, -0.25) is 4.79 Å². The van der Waals surface area contributed by atoms with Crippen LogP contribution in [0.5, 0.6) is 0 Å². The van der Waals surface area contributed by atoms with E-state index in [4.69, 9.17) is 5.73 Å². The van der Waals surface area contributed by atoms with Gasteiger partial charge in [0.25, 0.3) is 5.91 Å². The zero-order valence-corrected chi connectivity index (χ0v) is 14.3. The van der Waals surface area contributed by atoms with Crippen molar-refractivity contribution in [3.8, 4) is 0 Å². The molecule has 2 N–H and O–H groups in total. The van der Waals surface area contributed by atoms with E-state index < -0.39 is 15.8 Å². The molecule has 0 saturated carbocycles. The van der Waals surface area contributed by atoms with Crippen LogP contribution in [-0.2, 0) is 10.0 Å². The molecule has 1 aromatic rings. The first kappa shape index (κ1) is 17.3. The highest BCUT2D eigenvalue weighted by atomic mass is 32.2. The van der Waals surface area contributed by atoms with Gasteiger partial charge < -0.3 is 10.6 Å². The second-order valence-electron chi connectivity index (χ2n) is 6.38. The van der Waals surface area contributed by atoms with E-state index in [1.165, 1.54) is 16.4 Å². The summed E-state index contributed by atoms with van der Waals surface area (Å²) in [7, 11) is -3.76. The topological polar surface area (TPSA) is 83.7 Å². The molecule has 1 amide bonds. The number of piperidine rings is 1. The lowest BCUT2D eigenvalue weighted by atomic mass is 10.1. The van der Waals surface area contributed by atoms with Crippen LogP contribution in [0.25, 0.3) is 0 Å². The maximum Gasteiger partial charge on any atom is 0.256 e. The van der Waals surface area contributed by atoms with Crippen molar-refractivity contribution in [2.45, 2.75) is 36.6 Å². The summed E-state index contributed by atoms with van der Waals surface area (Å²) in [6.07, 6.45) is 3.01. The molecule has 1 aromatic carbocycles. The van der Waals surface area contributed by atoms with E-state index in [1.54, 1.807) is 4.90 Å². The Balaban J connectivity index is 1.82. The standard InChI is InChI=1S/C16H22FN3O3S/c17-15-11-13(24(22,23)20-9-5-12(18)6-10-20)3-4-14(15)16(21)19-7-1-2-8-19/h3-4,11-12H,1-2,5-10,18H2. The van der Waals surface area contributed by atoms with Crippen LogP contribution in [0.4, 0.5) is 4.39 Å². The fourth-order valence-corrected chi connectivity index (χ4v) is 4.67. The average Bonchev–Trinajstić information content (AvgIpc) is 3.09. The Morgan fingerprint density at radius 2 is 1.75 bits per heavy atom. The first-order valence-electron chi connectivity index (χ1n) is 8.24. The Bertz CT molecular complexity index is 724. The molecular formula is C16H22FN3O3S. The number of likely N-dealkylation sites (tertiary alicyclic amines) is 1. The number of carbonyl (C=O) groups excluding carboxylic acids is 1. The normalized spacial score (nSPS) is 20.5. The van der Waals surface area contributed by atoms with Gasteiger partial charge in [-0.15, -0.1) is 0 Å². The smallest absolute Gasteiger partial charge is 0.256 e. The van der Waals surface area contributed by atoms with Crippen molar-refractivity contribution in [1.82, 2.24) is 9.21 Å². The van der Waals surface area contributed by atoms with Crippen molar-refractivity contribution in [3.63, 3.8) is 0 Å². The molecule has 132 valence electrons. The first-order valence-corrected chi connectivity index (χ1v) is 9.68. The molecule has 2 fully saturated rings. The first-order chi connectivity index (χ1) is 11.4. The Hall–Kier alpha value is -1.51. The van der Waals surface area contributed by atoms with Gasteiger partial charge in [0.2, 0.25) is 10.0 Å². The largest absolute Gasteiger partial charge is 0.339 e. The molecular weight excluding hydrogens is 333 g/mol. The van der Waals surface area contributed by atoms with Crippen LogP contribution in [0.15, 0.2) is 23.1 Å². The lowest BCUT2D eigenvalue weighted by molar-refractivity contribution is 0.0788. The molecule has 6 nitrogen and oxygen atoms in total. The van der Waals surface area contributed by atoms with E-state index in [-0.39, 0.29) is 22.4 Å². The monoisotopic (exact) mass is 355 g/mol. The predicted octanol–water partition coefficient (Wildman–Crippen LogP) is 1.17. The van der Waals surface area contributed by atoms with E-state index >= 15 is 0 Å². The van der Waals surface area contributed by atoms with E-state index in [1.807, 2.05) is 0 Å². The van der Waals surface area contributed by atoms with Crippen molar-refractivity contribution < 1.29 is 17.6 Å². The summed E-state index contributed by atoms with van der Waals surface area (Å²) < 4.78 is 40.9. The predicted molar refractivity (Wildman–Crippen MR) is 87.5 cm³/mol. The van der Waals surface area contributed by atoms with E-state index in [0.717, 1.165) is 18.9 Å². The molecule has 0 aromatic heterocycles. The number of benzene rings is 1. The summed E-state index contributed by atoms with van der Waals surface area (Å²) in [4.78, 5) is 13.8. The van der Waals surface area contributed by atoms with Gasteiger partial charge in [-0.25, -0.2) is 12.8 Å². The Labute approximate surface area is 141 Å². The van der Waals surface area contributed by atoms with Crippen LogP contribution in [-0.4, -0.2) is 55.8 Å². The van der Waals surface area contributed by atoms with Crippen LogP contribution in [0.3, 0.4) is 0 Å². The van der Waals surface area contributed by atoms with E-state index in [2.05, 4.69) is 0 Å². The van der Waals surface area contributed by atoms with Crippen molar-refractivity contribution in [2.24, 2.45) is 5.73 Å². The second kappa shape index (κ2) is 6.78. The fourth-order valence-electron chi connectivity index (χ4n) is 3.19. The molecule has 24 heavy (non-hydrogen) atoms. The highest BCUT2D eigenvalue weighted by Crippen LogP contribution is 2.23. The van der Waals surface area contributed by atoms with Crippen molar-refractivity contribution in [1.29, 1.82) is 0 Å². The minimum absolute atomic E-state index is 0.00800. The van der Waals surface area contributed by atoms with Gasteiger partial charge >= 0.3 is 0 Å². The quantitative estimate of drug-likeness (QED) is 0.882. The van der Waals surface area contributed by atoms with Crippen LogP contribution >= 0.6 is 0 Å². The molecule has 0 aliphatic carbocycles. The maximum atomic E-state index is 14.4. The number of rotatable bonds is 3. The SMILES string of the molecule is NC1CCN(S(=O)(=O)c2ccc(C(=O)N3CCCC3)c(F)c2)CC1. The Morgan fingerprint density at radius 3 is 2.33 bits per heavy atom. The number of halogens is 1. The zero-order valence-electron chi connectivity index (χ0n) is 13.4. The summed E-state index contributed by atoms with van der Waals surface area (Å²) >= 11 is 0. The van der Waals surface area contributed by atoms with Crippen LogP contribution in [0.2, 0.25) is 0 Å². The number of sulfonamides is 1. The van der Waals surface area contributed by atoms with Crippen LogP contribution < -0.4 is 5.73 Å². The average molecular weight is 355 g/mol. The van der Waals surface area contributed by atoms with Gasteiger partial charge in [-0.1, -0.05) is 0 Å². The molecule has 0 spiro atoms. The summed E-state index contributed by atoms with van der Waals surface area (Å²) in [6.45, 7) is 1.90. The molecule has 0 bridgehead atoms. The summed E-state index contributed by atoms with van der Waals surface area (Å²) in [5, 5.41) is 0. The highest BCUT2D eigenvalue weighted by Gasteiger charge is 2.30. The van der Waals surface area contributed by atoms with Gasteiger partial charge in [0.1, 0.15) is 5.82 Å². The summed E-state index contributed by atoms with van der Waals surface area (Å²) in [5.41, 5.74) is 5.72. The van der Waals surface area contributed by atoms with Gasteiger partial charge in [0.05, 0.1) is 10.5 Å². The fraction of sp³-hybridized carbons (Fsp3) is 0.562. The lowest BCUT2D eigenvalue weighted by Crippen LogP contribution is -2.42. The number of amides is 1. The van der Waals surface area contributed by atoms with Crippen LogP contribution in [0.1, 0.15) is 36.0 Å². The molecule has 8 heteroatoms. The number of nitrogens with two attached hydrogens (primary N) is 1. The lowest BCUT2D eigenvalue weighted by Gasteiger charge is -2.29. The maximum absolute atomic E-state index is 14.4. The van der Waals surface area contributed by atoms with E-state index in [0.29, 0.717) is 39.0 Å². The van der Waals surface area contributed by atoms with Crippen molar-refractivity contribution in [3.05, 3.63) is 29.6 Å². The molecule has 0 atom stereocenters. The van der Waals surface area contributed by atoms with Gasteiger partial charge in [0.15, 0.2) is 0 Å². The number of hydrogen-bond donors (Lipinski definition) is 1. The molecule has 2 saturated heterocycles. The third-order valence-electron chi connectivity index (χ3n) is 4.70. The molecule has 2 heterocycles. The van der Waals surface area contributed by atoms with Gasteiger partial charge in [-0.05, 0) is 43.9 Å². The molecule has 2 aliphatic heterocycles. The summed E-state index contributed by atoms with van der Waals surface area (Å²) in [5.74, 6) is -1.17. The van der Waals surface area contributed by atoms with Crippen molar-refractivity contribution in [2.75, 3.05) is 26.2 Å². The van der Waals surface area contributed by atoms with Gasteiger partial charge in [-0.2, -0.15) is 4.31 Å². The highest BCUT2D eigenvalue weighted by molar-refractivity contribution is 7.89. The minimum atomic E-state index is -3.76. The third kappa shape index (κ3) is 3.31. The molecule has 3 rings (SSSR count). The third-order valence-corrected chi connectivity index (χ3v) is 6.60. The number of carbonyl (C=O) groups is 1. The van der Waals surface area contributed by atoms with E-state index in [9.17, 15) is 17.6 Å². The number of nitrogens with zero attached hydrogens (tertiary/aromatic N) is 2. The van der Waals surface area contributed by atoms with Crippen LogP contribution in [0, 0.1) is 5.82 Å². The molecule has 0 radical (unpaired) electrons. The van der Waals surface area contributed by atoms with Gasteiger partial charge in [0, 0.05) is 32.2 Å². The Kier molecular flexibility index (Phi) is 4.89. The molecule has 2 aliphatic rings. The molecule has 0 unspecified atom stereocenters.